The van der Waals surface area contributed by atoms with Gasteiger partial charge in [-0.25, -0.2) is 4.39 Å². The number of carbonyl (C=O) groups excluding carboxylic acids is 2. The van der Waals surface area contributed by atoms with E-state index in [4.69, 9.17) is 9.29 Å². The van der Waals surface area contributed by atoms with Crippen LogP contribution in [-0.2, 0) is 34.6 Å². The van der Waals surface area contributed by atoms with Gasteiger partial charge >= 0.3 is 39.6 Å². The molecule has 3 aromatic rings. The molecule has 3 aromatic carbocycles. The maximum atomic E-state index is 15.2. The number of alkyl halides is 5. The first kappa shape index (κ1) is 32.4. The molecule has 258 valence electrons. The van der Waals surface area contributed by atoms with Gasteiger partial charge in [0.2, 0.25) is 0 Å². The second kappa shape index (κ2) is 10.3. The first-order valence-corrected chi connectivity index (χ1v) is 17.6. The molecule has 0 heterocycles. The number of rotatable bonds is 7. The summed E-state index contributed by atoms with van der Waals surface area (Å²) in [4.78, 5) is 28.3. The number of ether oxygens (including phenoxy) is 2. The van der Waals surface area contributed by atoms with Gasteiger partial charge < -0.3 is 9.47 Å². The van der Waals surface area contributed by atoms with Gasteiger partial charge in [-0.15, -0.1) is 0 Å². The average molecular weight is 703 g/mol. The molecule has 7 nitrogen and oxygen atoms in total. The number of halogens is 5. The van der Waals surface area contributed by atoms with Crippen LogP contribution in [0.25, 0.3) is 0 Å². The lowest BCUT2D eigenvalue weighted by molar-refractivity contribution is -0.335. The minimum Gasteiger partial charge on any atom is -0.464 e. The van der Waals surface area contributed by atoms with Gasteiger partial charge in [-0.05, 0) is 83.7 Å². The predicted molar refractivity (Wildman–Crippen MR) is 163 cm³/mol. The van der Waals surface area contributed by atoms with Gasteiger partial charge in [-0.2, -0.15) is 26.0 Å². The molecule has 10 rings (SSSR count). The Labute approximate surface area is 278 Å². The van der Waals surface area contributed by atoms with Crippen LogP contribution in [0.5, 0.6) is 0 Å². The van der Waals surface area contributed by atoms with Gasteiger partial charge in [0.05, 0.1) is 12.0 Å². The van der Waals surface area contributed by atoms with Crippen molar-refractivity contribution in [2.24, 2.45) is 22.7 Å². The zero-order valence-corrected chi connectivity index (χ0v) is 26.7. The molecule has 49 heavy (non-hydrogen) atoms. The van der Waals surface area contributed by atoms with E-state index in [1.807, 2.05) is 72.8 Å². The van der Waals surface area contributed by atoms with Gasteiger partial charge in [0.15, 0.2) is 0 Å². The van der Waals surface area contributed by atoms with E-state index >= 15 is 4.39 Å². The number of hydrogen-bond acceptors (Lipinski definition) is 6. The lowest BCUT2D eigenvalue weighted by Crippen LogP contribution is -2.61. The minimum absolute atomic E-state index is 0.0221. The molecule has 1 N–H and O–H groups in total. The molecule has 0 saturated heterocycles. The molecule has 7 aliphatic carbocycles. The van der Waals surface area contributed by atoms with Crippen LogP contribution in [0.15, 0.2) is 72.8 Å². The Morgan fingerprint density at radius 3 is 1.71 bits per heavy atom. The monoisotopic (exact) mass is 702 g/mol. The quantitative estimate of drug-likeness (QED) is 0.162. The summed E-state index contributed by atoms with van der Waals surface area (Å²) < 4.78 is 113. The molecule has 13 heteroatoms. The minimum atomic E-state index is -6.31. The number of benzene rings is 3. The number of esters is 2. The highest BCUT2D eigenvalue weighted by Crippen LogP contribution is 2.67. The zero-order valence-electron chi connectivity index (χ0n) is 25.9. The fourth-order valence-electron chi connectivity index (χ4n) is 10.4. The highest BCUT2D eigenvalue weighted by molar-refractivity contribution is 7.86. The van der Waals surface area contributed by atoms with E-state index in [1.165, 1.54) is 0 Å². The van der Waals surface area contributed by atoms with E-state index in [-0.39, 0.29) is 43.6 Å². The topological polar surface area (TPSA) is 107 Å². The van der Waals surface area contributed by atoms with E-state index < -0.39 is 55.8 Å². The Morgan fingerprint density at radius 1 is 0.796 bits per heavy atom. The molecular formula is C36H31F5O7S. The highest BCUT2D eigenvalue weighted by Gasteiger charge is 2.72. The van der Waals surface area contributed by atoms with Crippen LogP contribution in [0.4, 0.5) is 22.0 Å². The van der Waals surface area contributed by atoms with Gasteiger partial charge in [0.1, 0.15) is 5.41 Å². The molecule has 7 aliphatic rings. The van der Waals surface area contributed by atoms with E-state index in [0.29, 0.717) is 19.3 Å². The van der Waals surface area contributed by atoms with Crippen molar-refractivity contribution >= 4 is 22.1 Å². The molecule has 6 bridgehead atoms. The first-order chi connectivity index (χ1) is 23.0. The first-order valence-electron chi connectivity index (χ1n) is 16.1. The summed E-state index contributed by atoms with van der Waals surface area (Å²) in [5.74, 6) is -8.41. The second-order valence-electron chi connectivity index (χ2n) is 14.6. The van der Waals surface area contributed by atoms with E-state index in [0.717, 1.165) is 33.4 Å². The van der Waals surface area contributed by atoms with Crippen molar-refractivity contribution in [1.82, 2.24) is 0 Å². The zero-order chi connectivity index (χ0) is 34.8. The van der Waals surface area contributed by atoms with Gasteiger partial charge in [-0.3, -0.25) is 14.1 Å². The summed E-state index contributed by atoms with van der Waals surface area (Å²) >= 11 is 0. The standard InChI is InChI=1S/C36H31F5O7S/c37-29(49(44,45)46)35(38,36(39,40)41)48-30(42)33-16-20-13-21(17-33)15-32(14-20,18-33)19-47-31(43)34-25-10-4-1-7-22(25)28(23-8-2-5-11-26(23)34)24-9-3-6-12-27(24)34/h1-12,20-21,28-29H,13-19H2,(H,44,45,46). The number of hydrogen-bond donors (Lipinski definition) is 1. The average Bonchev–Trinajstić information content (AvgIpc) is 3.05. The Kier molecular flexibility index (Phi) is 6.84. The van der Waals surface area contributed by atoms with Crippen LogP contribution in [0, 0.1) is 22.7 Å². The van der Waals surface area contributed by atoms with Crippen molar-refractivity contribution in [3.05, 3.63) is 106 Å². The third-order valence-electron chi connectivity index (χ3n) is 11.6. The van der Waals surface area contributed by atoms with Crippen LogP contribution in [-0.4, -0.2) is 49.1 Å². The lowest BCUT2D eigenvalue weighted by Gasteiger charge is -2.60. The van der Waals surface area contributed by atoms with Gasteiger partial charge in [0.25, 0.3) is 0 Å². The van der Waals surface area contributed by atoms with Crippen molar-refractivity contribution in [2.45, 2.75) is 67.4 Å². The van der Waals surface area contributed by atoms with Crippen LogP contribution < -0.4 is 0 Å². The summed E-state index contributed by atoms with van der Waals surface area (Å²) in [5.41, 5.74) is -3.20. The Hall–Kier alpha value is -3.84. The summed E-state index contributed by atoms with van der Waals surface area (Å²) in [7, 11) is -6.25. The number of carbonyl (C=O) groups is 2. The Balaban J connectivity index is 1.13. The van der Waals surface area contributed by atoms with Gasteiger partial charge in [-0.1, -0.05) is 72.8 Å². The fraction of sp³-hybridized carbons (Fsp3) is 0.444. The van der Waals surface area contributed by atoms with Crippen LogP contribution in [0.2, 0.25) is 0 Å². The van der Waals surface area contributed by atoms with Crippen molar-refractivity contribution in [3.63, 3.8) is 0 Å². The van der Waals surface area contributed by atoms with E-state index in [1.54, 1.807) is 0 Å². The smallest absolute Gasteiger partial charge is 0.464 e. The third-order valence-corrected chi connectivity index (χ3v) is 12.5. The summed E-state index contributed by atoms with van der Waals surface area (Å²) in [6.45, 7) is -0.178. The predicted octanol–water partition coefficient (Wildman–Crippen LogP) is 6.91. The van der Waals surface area contributed by atoms with Crippen molar-refractivity contribution in [1.29, 1.82) is 0 Å². The van der Waals surface area contributed by atoms with Crippen molar-refractivity contribution in [3.8, 4) is 0 Å². The largest absolute Gasteiger partial charge is 0.464 e. The third kappa shape index (κ3) is 4.43. The summed E-state index contributed by atoms with van der Waals surface area (Å²) in [5, 5.41) is 0. The molecular weight excluding hydrogens is 671 g/mol. The molecule has 0 amide bonds. The Bertz CT molecular complexity index is 1880. The summed E-state index contributed by atoms with van der Waals surface area (Å²) in [6, 6.07) is 23.1. The van der Waals surface area contributed by atoms with Crippen LogP contribution in [0.3, 0.4) is 0 Å². The molecule has 0 aromatic heterocycles. The van der Waals surface area contributed by atoms with Crippen molar-refractivity contribution < 1.29 is 54.0 Å². The maximum absolute atomic E-state index is 15.2. The molecule has 4 atom stereocenters. The van der Waals surface area contributed by atoms with Crippen LogP contribution >= 0.6 is 0 Å². The second-order valence-corrected chi connectivity index (χ2v) is 16.1. The van der Waals surface area contributed by atoms with Gasteiger partial charge in [0, 0.05) is 11.3 Å². The van der Waals surface area contributed by atoms with Crippen LogP contribution in [0.1, 0.15) is 77.8 Å². The summed E-state index contributed by atoms with van der Waals surface area (Å²) in [6.07, 6.45) is -4.78. The maximum Gasteiger partial charge on any atom is 0.464 e. The van der Waals surface area contributed by atoms with E-state index in [2.05, 4.69) is 4.74 Å². The molecule has 0 radical (unpaired) electrons. The molecule has 0 aliphatic heterocycles. The lowest BCUT2D eigenvalue weighted by atomic mass is 9.44. The molecule has 4 unspecified atom stereocenters. The molecule has 4 saturated carbocycles. The molecule has 4 fully saturated rings. The Morgan fingerprint density at radius 2 is 1.27 bits per heavy atom. The van der Waals surface area contributed by atoms with Crippen molar-refractivity contribution in [2.75, 3.05) is 6.61 Å². The normalized spacial score (nSPS) is 32.3. The molecule has 0 spiro atoms. The highest BCUT2D eigenvalue weighted by atomic mass is 32.2. The SMILES string of the molecule is O=C(OC(F)(C(F)S(=O)(=O)O)C(F)(F)F)C12CC3CC(CC(COC(=O)C45c6ccccc6C(c6ccccc64)c4ccccc45)(C3)C1)C2. The fourth-order valence-corrected chi connectivity index (χ4v) is 11.0. The van der Waals surface area contributed by atoms with E-state index in [9.17, 15) is 35.6 Å².